The number of benzene rings is 1. The van der Waals surface area contributed by atoms with Gasteiger partial charge in [0, 0.05) is 18.5 Å². The van der Waals surface area contributed by atoms with E-state index in [9.17, 15) is 13.6 Å². The van der Waals surface area contributed by atoms with Gasteiger partial charge in [-0.05, 0) is 12.1 Å². The van der Waals surface area contributed by atoms with Crippen LogP contribution in [-0.4, -0.2) is 19.7 Å². The molecule has 0 aliphatic carbocycles. The second-order valence-corrected chi connectivity index (χ2v) is 3.62. The van der Waals surface area contributed by atoms with Gasteiger partial charge in [-0.1, -0.05) is 0 Å². The summed E-state index contributed by atoms with van der Waals surface area (Å²) in [5, 5.41) is 3.88. The Bertz CT molecular complexity index is 780. The first-order valence-electron chi connectivity index (χ1n) is 5.04. The SMILES string of the molecule is O=c1[nH]c(-n2cccn2)nc2cc(F)c(F)cc12. The first-order chi connectivity index (χ1) is 8.65. The van der Waals surface area contributed by atoms with E-state index >= 15 is 0 Å². The van der Waals surface area contributed by atoms with E-state index in [0.29, 0.717) is 0 Å². The van der Waals surface area contributed by atoms with Crippen LogP contribution in [0, 0.1) is 11.6 Å². The number of fused-ring (bicyclic) bond motifs is 1. The molecule has 5 nitrogen and oxygen atoms in total. The predicted octanol–water partition coefficient (Wildman–Crippen LogP) is 1.39. The number of rotatable bonds is 1. The minimum atomic E-state index is -1.08. The molecule has 2 heterocycles. The molecule has 0 saturated carbocycles. The molecule has 0 spiro atoms. The lowest BCUT2D eigenvalue weighted by Gasteiger charge is -2.03. The Morgan fingerprint density at radius 3 is 2.72 bits per heavy atom. The van der Waals surface area contributed by atoms with Gasteiger partial charge in [-0.25, -0.2) is 18.4 Å². The Morgan fingerprint density at radius 1 is 1.22 bits per heavy atom. The van der Waals surface area contributed by atoms with Gasteiger partial charge in [0.05, 0.1) is 10.9 Å². The Kier molecular flexibility index (Phi) is 2.19. The molecule has 18 heavy (non-hydrogen) atoms. The number of aromatic amines is 1. The molecule has 0 unspecified atom stereocenters. The molecule has 1 N–H and O–H groups in total. The first kappa shape index (κ1) is 10.6. The Labute approximate surface area is 98.7 Å². The van der Waals surface area contributed by atoms with Crippen LogP contribution < -0.4 is 5.56 Å². The van der Waals surface area contributed by atoms with E-state index in [1.165, 1.54) is 10.9 Å². The molecule has 0 fully saturated rings. The second-order valence-electron chi connectivity index (χ2n) is 3.62. The Balaban J connectivity index is 2.34. The van der Waals surface area contributed by atoms with Crippen molar-refractivity contribution in [1.29, 1.82) is 0 Å². The van der Waals surface area contributed by atoms with Crippen molar-refractivity contribution in [3.8, 4) is 5.95 Å². The molecule has 0 aliphatic heterocycles. The van der Waals surface area contributed by atoms with Crippen LogP contribution in [0.4, 0.5) is 8.78 Å². The molecular weight excluding hydrogens is 242 g/mol. The normalized spacial score (nSPS) is 11.0. The number of nitrogens with zero attached hydrogens (tertiary/aromatic N) is 3. The third-order valence-corrected chi connectivity index (χ3v) is 2.46. The summed E-state index contributed by atoms with van der Waals surface area (Å²) in [5.41, 5.74) is -0.479. The van der Waals surface area contributed by atoms with E-state index in [4.69, 9.17) is 0 Å². The molecule has 3 rings (SSSR count). The smallest absolute Gasteiger partial charge is 0.260 e. The fourth-order valence-corrected chi connectivity index (χ4v) is 1.62. The fourth-order valence-electron chi connectivity index (χ4n) is 1.62. The molecule has 90 valence electrons. The second kappa shape index (κ2) is 3.73. The van der Waals surface area contributed by atoms with Crippen LogP contribution >= 0.6 is 0 Å². The largest absolute Gasteiger partial charge is 0.290 e. The molecular formula is C11H6F2N4O. The van der Waals surface area contributed by atoms with Gasteiger partial charge >= 0.3 is 0 Å². The first-order valence-corrected chi connectivity index (χ1v) is 5.04. The summed E-state index contributed by atoms with van der Waals surface area (Å²) in [6, 6.07) is 3.35. The van der Waals surface area contributed by atoms with Crippen LogP contribution in [-0.2, 0) is 0 Å². The minimum absolute atomic E-state index is 0.00944. The Hall–Kier alpha value is -2.57. The van der Waals surface area contributed by atoms with Gasteiger partial charge < -0.3 is 0 Å². The standard InChI is InChI=1S/C11H6F2N4O/c12-7-4-6-9(5-8(7)13)15-11(16-10(6)18)17-3-1-2-14-17/h1-5H,(H,15,16,18). The van der Waals surface area contributed by atoms with Gasteiger partial charge in [0.25, 0.3) is 5.56 Å². The third kappa shape index (κ3) is 1.56. The average Bonchev–Trinajstić information content (AvgIpc) is 2.85. The van der Waals surface area contributed by atoms with Crippen molar-refractivity contribution in [2.75, 3.05) is 0 Å². The van der Waals surface area contributed by atoms with Crippen LogP contribution in [0.25, 0.3) is 16.9 Å². The molecule has 3 aromatic rings. The quantitative estimate of drug-likeness (QED) is 0.707. The molecule has 0 aliphatic rings. The van der Waals surface area contributed by atoms with Gasteiger partial charge in [-0.15, -0.1) is 0 Å². The number of nitrogens with one attached hydrogen (secondary N) is 1. The van der Waals surface area contributed by atoms with E-state index in [1.54, 1.807) is 12.3 Å². The minimum Gasteiger partial charge on any atom is -0.290 e. The number of hydrogen-bond acceptors (Lipinski definition) is 3. The molecule has 1 aromatic carbocycles. The maximum atomic E-state index is 13.1. The molecule has 0 bridgehead atoms. The van der Waals surface area contributed by atoms with E-state index in [0.717, 1.165) is 12.1 Å². The molecule has 0 saturated heterocycles. The zero-order chi connectivity index (χ0) is 12.7. The van der Waals surface area contributed by atoms with Gasteiger partial charge in [-0.3, -0.25) is 9.78 Å². The van der Waals surface area contributed by atoms with Crippen LogP contribution in [0.15, 0.2) is 35.4 Å². The summed E-state index contributed by atoms with van der Waals surface area (Å²) in [5.74, 6) is -1.99. The van der Waals surface area contributed by atoms with Crippen molar-refractivity contribution in [1.82, 2.24) is 19.7 Å². The van der Waals surface area contributed by atoms with Gasteiger partial charge in [0.1, 0.15) is 0 Å². The van der Waals surface area contributed by atoms with Gasteiger partial charge in [0.15, 0.2) is 11.6 Å². The van der Waals surface area contributed by atoms with Crippen molar-refractivity contribution in [2.24, 2.45) is 0 Å². The molecule has 0 amide bonds. The number of hydrogen-bond donors (Lipinski definition) is 1. The highest BCUT2D eigenvalue weighted by Crippen LogP contribution is 2.14. The van der Waals surface area contributed by atoms with Gasteiger partial charge in [0.2, 0.25) is 5.95 Å². The van der Waals surface area contributed by atoms with Crippen LogP contribution in [0.5, 0.6) is 0 Å². The van der Waals surface area contributed by atoms with Crippen molar-refractivity contribution in [3.63, 3.8) is 0 Å². The molecule has 0 atom stereocenters. The summed E-state index contributed by atoms with van der Waals surface area (Å²) < 4.78 is 27.5. The van der Waals surface area contributed by atoms with Gasteiger partial charge in [-0.2, -0.15) is 5.10 Å². The lowest BCUT2D eigenvalue weighted by molar-refractivity contribution is 0.510. The lowest BCUT2D eigenvalue weighted by atomic mass is 10.2. The van der Waals surface area contributed by atoms with Crippen molar-refractivity contribution in [2.45, 2.75) is 0 Å². The monoisotopic (exact) mass is 248 g/mol. The van der Waals surface area contributed by atoms with Crippen LogP contribution in [0.3, 0.4) is 0 Å². The number of halogens is 2. The Morgan fingerprint density at radius 2 is 2.00 bits per heavy atom. The summed E-state index contributed by atoms with van der Waals surface area (Å²) in [7, 11) is 0. The topological polar surface area (TPSA) is 63.6 Å². The van der Waals surface area contributed by atoms with E-state index in [2.05, 4.69) is 15.1 Å². The van der Waals surface area contributed by atoms with Crippen molar-refractivity contribution >= 4 is 10.9 Å². The van der Waals surface area contributed by atoms with Crippen LogP contribution in [0.2, 0.25) is 0 Å². The summed E-state index contributed by atoms with van der Waals surface area (Å²) in [6.45, 7) is 0. The highest BCUT2D eigenvalue weighted by Gasteiger charge is 2.10. The maximum Gasteiger partial charge on any atom is 0.260 e. The summed E-state index contributed by atoms with van der Waals surface area (Å²) in [6.07, 6.45) is 3.08. The average molecular weight is 248 g/mol. The lowest BCUT2D eigenvalue weighted by Crippen LogP contribution is -2.14. The zero-order valence-corrected chi connectivity index (χ0v) is 8.89. The van der Waals surface area contributed by atoms with Crippen LogP contribution in [0.1, 0.15) is 0 Å². The zero-order valence-electron chi connectivity index (χ0n) is 8.89. The third-order valence-electron chi connectivity index (χ3n) is 2.46. The number of aromatic nitrogens is 4. The highest BCUT2D eigenvalue weighted by atomic mass is 19.2. The fraction of sp³-hybridized carbons (Fsp3) is 0. The van der Waals surface area contributed by atoms with E-state index in [-0.39, 0.29) is 16.9 Å². The number of H-pyrrole nitrogens is 1. The van der Waals surface area contributed by atoms with Crippen molar-refractivity contribution < 1.29 is 8.78 Å². The van der Waals surface area contributed by atoms with Crippen molar-refractivity contribution in [3.05, 3.63) is 52.6 Å². The molecule has 2 aromatic heterocycles. The summed E-state index contributed by atoms with van der Waals surface area (Å²) >= 11 is 0. The van der Waals surface area contributed by atoms with E-state index < -0.39 is 17.2 Å². The molecule has 7 heteroatoms. The van der Waals surface area contributed by atoms with E-state index in [1.807, 2.05) is 0 Å². The predicted molar refractivity (Wildman–Crippen MR) is 59.4 cm³/mol. The molecule has 0 radical (unpaired) electrons. The highest BCUT2D eigenvalue weighted by molar-refractivity contribution is 5.78. The summed E-state index contributed by atoms with van der Waals surface area (Å²) in [4.78, 5) is 18.2. The maximum absolute atomic E-state index is 13.1.